The number of benzene rings is 2. The lowest BCUT2D eigenvalue weighted by molar-refractivity contribution is -0.384. The zero-order valence-corrected chi connectivity index (χ0v) is 15.7. The topological polar surface area (TPSA) is 84.3 Å². The molecule has 0 aromatic heterocycles. The van der Waals surface area contributed by atoms with Crippen LogP contribution in [0, 0.1) is 10.1 Å². The molecule has 0 spiro atoms. The maximum Gasteiger partial charge on any atom is 0.293 e. The zero-order chi connectivity index (χ0) is 18.9. The largest absolute Gasteiger partial charge is 0.379 e. The van der Waals surface area contributed by atoms with E-state index in [1.54, 1.807) is 23.9 Å². The number of nitro groups is 1. The maximum atomic E-state index is 12.0. The Labute approximate surface area is 157 Å². The Morgan fingerprint density at radius 2 is 1.92 bits per heavy atom. The number of thioether (sulfide) groups is 1. The van der Waals surface area contributed by atoms with Gasteiger partial charge in [-0.2, -0.15) is 11.8 Å². The van der Waals surface area contributed by atoms with Gasteiger partial charge < -0.3 is 10.6 Å². The molecule has 7 heteroatoms. The van der Waals surface area contributed by atoms with Crippen LogP contribution in [0.25, 0.3) is 0 Å². The molecule has 0 saturated heterocycles. The third kappa shape index (κ3) is 6.07. The maximum absolute atomic E-state index is 12.0. The van der Waals surface area contributed by atoms with Crippen molar-refractivity contribution in [2.45, 2.75) is 25.6 Å². The second kappa shape index (κ2) is 9.82. The summed E-state index contributed by atoms with van der Waals surface area (Å²) in [5.74, 6) is 1.41. The molecule has 26 heavy (non-hydrogen) atoms. The normalized spacial score (nSPS) is 10.6. The van der Waals surface area contributed by atoms with E-state index in [9.17, 15) is 14.9 Å². The van der Waals surface area contributed by atoms with Crippen molar-refractivity contribution in [3.05, 3.63) is 69.8 Å². The van der Waals surface area contributed by atoms with Crippen LogP contribution in [-0.2, 0) is 5.75 Å². The summed E-state index contributed by atoms with van der Waals surface area (Å²) in [6, 6.07) is 14.6. The quantitative estimate of drug-likeness (QED) is 0.393. The van der Waals surface area contributed by atoms with Crippen molar-refractivity contribution in [1.82, 2.24) is 5.32 Å². The van der Waals surface area contributed by atoms with Crippen LogP contribution in [0.2, 0.25) is 0 Å². The lowest BCUT2D eigenvalue weighted by atomic mass is 10.1. The fourth-order valence-corrected chi connectivity index (χ4v) is 3.16. The van der Waals surface area contributed by atoms with Crippen molar-refractivity contribution in [2.75, 3.05) is 17.6 Å². The standard InChI is InChI=1S/C19H23N3O3S/c1-14(2)21-19(23)16-8-9-17(18(12-16)22(24)25)20-10-11-26-13-15-6-4-3-5-7-15/h3-9,12,14,20H,10-11,13H2,1-2H3,(H,21,23). The van der Waals surface area contributed by atoms with E-state index < -0.39 is 4.92 Å². The first-order valence-electron chi connectivity index (χ1n) is 8.42. The smallest absolute Gasteiger partial charge is 0.293 e. The molecule has 2 aromatic rings. The van der Waals surface area contributed by atoms with E-state index in [0.717, 1.165) is 11.5 Å². The first-order valence-corrected chi connectivity index (χ1v) is 9.57. The molecule has 6 nitrogen and oxygen atoms in total. The van der Waals surface area contributed by atoms with Gasteiger partial charge in [-0.15, -0.1) is 0 Å². The van der Waals surface area contributed by atoms with Crippen molar-refractivity contribution in [1.29, 1.82) is 0 Å². The highest BCUT2D eigenvalue weighted by Gasteiger charge is 2.17. The Hall–Kier alpha value is -2.54. The van der Waals surface area contributed by atoms with Gasteiger partial charge >= 0.3 is 0 Å². The van der Waals surface area contributed by atoms with E-state index in [0.29, 0.717) is 12.2 Å². The number of carbonyl (C=O) groups excluding carboxylic acids is 1. The molecule has 0 aliphatic rings. The molecule has 0 bridgehead atoms. The molecule has 0 unspecified atom stereocenters. The van der Waals surface area contributed by atoms with Crippen LogP contribution < -0.4 is 10.6 Å². The number of hydrogen-bond acceptors (Lipinski definition) is 5. The molecule has 0 radical (unpaired) electrons. The highest BCUT2D eigenvalue weighted by Crippen LogP contribution is 2.26. The molecule has 1 amide bonds. The molecule has 0 aliphatic carbocycles. The SMILES string of the molecule is CC(C)NC(=O)c1ccc(NCCSCc2ccccc2)c([N+](=O)[O-])c1. The summed E-state index contributed by atoms with van der Waals surface area (Å²) in [5.41, 5.74) is 1.88. The molecule has 0 heterocycles. The van der Waals surface area contributed by atoms with E-state index in [2.05, 4.69) is 22.8 Å². The zero-order valence-electron chi connectivity index (χ0n) is 14.9. The summed E-state index contributed by atoms with van der Waals surface area (Å²) < 4.78 is 0. The fourth-order valence-electron chi connectivity index (χ4n) is 2.34. The molecular weight excluding hydrogens is 350 g/mol. The van der Waals surface area contributed by atoms with Crippen molar-refractivity contribution >= 4 is 29.0 Å². The van der Waals surface area contributed by atoms with Gasteiger partial charge in [0.2, 0.25) is 0 Å². The van der Waals surface area contributed by atoms with Gasteiger partial charge in [0.15, 0.2) is 0 Å². The van der Waals surface area contributed by atoms with Gasteiger partial charge in [0.25, 0.3) is 11.6 Å². The van der Waals surface area contributed by atoms with Crippen molar-refractivity contribution in [3.63, 3.8) is 0 Å². The second-order valence-corrected chi connectivity index (χ2v) is 7.19. The van der Waals surface area contributed by atoms with Crippen molar-refractivity contribution in [3.8, 4) is 0 Å². The van der Waals surface area contributed by atoms with Crippen LogP contribution in [-0.4, -0.2) is 29.2 Å². The number of anilines is 1. The Bertz CT molecular complexity index is 751. The molecule has 2 N–H and O–H groups in total. The van der Waals surface area contributed by atoms with Crippen molar-refractivity contribution < 1.29 is 9.72 Å². The Morgan fingerprint density at radius 3 is 2.58 bits per heavy atom. The molecule has 0 saturated carbocycles. The first-order chi connectivity index (χ1) is 12.5. The minimum atomic E-state index is -0.467. The minimum Gasteiger partial charge on any atom is -0.379 e. The van der Waals surface area contributed by atoms with Crippen molar-refractivity contribution in [2.24, 2.45) is 0 Å². The summed E-state index contributed by atoms with van der Waals surface area (Å²) in [7, 11) is 0. The second-order valence-electron chi connectivity index (χ2n) is 6.08. The number of nitrogens with one attached hydrogen (secondary N) is 2. The van der Waals surface area contributed by atoms with Crippen LogP contribution in [0.15, 0.2) is 48.5 Å². The highest BCUT2D eigenvalue weighted by molar-refractivity contribution is 7.98. The highest BCUT2D eigenvalue weighted by atomic mass is 32.2. The molecule has 0 atom stereocenters. The minimum absolute atomic E-state index is 0.0269. The van der Waals surface area contributed by atoms with E-state index in [-0.39, 0.29) is 23.2 Å². The summed E-state index contributed by atoms with van der Waals surface area (Å²) in [4.78, 5) is 22.9. The van der Waals surface area contributed by atoms with Gasteiger partial charge in [0.1, 0.15) is 5.69 Å². The lowest BCUT2D eigenvalue weighted by Gasteiger charge is -2.10. The fraction of sp³-hybridized carbons (Fsp3) is 0.316. The van der Waals surface area contributed by atoms with Crippen LogP contribution >= 0.6 is 11.8 Å². The van der Waals surface area contributed by atoms with Crippen LogP contribution in [0.3, 0.4) is 0 Å². The number of nitro benzene ring substituents is 1. The summed E-state index contributed by atoms with van der Waals surface area (Å²) in [6.07, 6.45) is 0. The first kappa shape index (κ1) is 19.8. The number of amides is 1. The summed E-state index contributed by atoms with van der Waals surface area (Å²) >= 11 is 1.76. The molecular formula is C19H23N3O3S. The van der Waals surface area contributed by atoms with Crippen LogP contribution in [0.1, 0.15) is 29.8 Å². The Morgan fingerprint density at radius 1 is 1.19 bits per heavy atom. The monoisotopic (exact) mass is 373 g/mol. The van der Waals surface area contributed by atoms with Gasteiger partial charge in [-0.1, -0.05) is 30.3 Å². The molecule has 0 fully saturated rings. The third-order valence-corrected chi connectivity index (χ3v) is 4.58. The molecule has 2 aromatic carbocycles. The van der Waals surface area contributed by atoms with Gasteiger partial charge in [-0.05, 0) is 31.5 Å². The van der Waals surface area contributed by atoms with Gasteiger partial charge in [0.05, 0.1) is 4.92 Å². The summed E-state index contributed by atoms with van der Waals surface area (Å²) in [6.45, 7) is 4.29. The number of hydrogen-bond donors (Lipinski definition) is 2. The number of rotatable bonds is 9. The van der Waals surface area contributed by atoms with Gasteiger partial charge in [-0.3, -0.25) is 14.9 Å². The number of carbonyl (C=O) groups is 1. The van der Waals surface area contributed by atoms with Crippen LogP contribution in [0.4, 0.5) is 11.4 Å². The van der Waals surface area contributed by atoms with Gasteiger partial charge in [-0.25, -0.2) is 0 Å². The van der Waals surface area contributed by atoms with E-state index in [1.165, 1.54) is 11.6 Å². The van der Waals surface area contributed by atoms with E-state index in [4.69, 9.17) is 0 Å². The molecule has 2 rings (SSSR count). The Balaban J connectivity index is 1.91. The van der Waals surface area contributed by atoms with Crippen LogP contribution in [0.5, 0.6) is 0 Å². The number of nitrogens with zero attached hydrogens (tertiary/aromatic N) is 1. The molecule has 138 valence electrons. The van der Waals surface area contributed by atoms with E-state index in [1.807, 2.05) is 32.0 Å². The average Bonchev–Trinajstić information content (AvgIpc) is 2.61. The van der Waals surface area contributed by atoms with Gasteiger partial charge in [0, 0.05) is 35.7 Å². The average molecular weight is 373 g/mol. The third-order valence-electron chi connectivity index (χ3n) is 3.55. The predicted octanol–water partition coefficient (Wildman–Crippen LogP) is 4.08. The van der Waals surface area contributed by atoms with E-state index >= 15 is 0 Å². The lowest BCUT2D eigenvalue weighted by Crippen LogP contribution is -2.30. The molecule has 0 aliphatic heterocycles. The predicted molar refractivity (Wildman–Crippen MR) is 107 cm³/mol. The summed E-state index contributed by atoms with van der Waals surface area (Å²) in [5, 5.41) is 17.1. The Kier molecular flexibility index (Phi) is 7.47.